The summed E-state index contributed by atoms with van der Waals surface area (Å²) >= 11 is 0. The van der Waals surface area contributed by atoms with E-state index in [0.29, 0.717) is 5.56 Å². The molecule has 17 heavy (non-hydrogen) atoms. The molecule has 5 nitrogen and oxygen atoms in total. The Kier molecular flexibility index (Phi) is 4.98. The molecule has 0 aliphatic carbocycles. The second-order valence-electron chi connectivity index (χ2n) is 4.23. The lowest BCUT2D eigenvalue weighted by Crippen LogP contribution is -2.22. The van der Waals surface area contributed by atoms with Crippen LogP contribution in [0.25, 0.3) is 0 Å². The van der Waals surface area contributed by atoms with Gasteiger partial charge in [-0.1, -0.05) is 0 Å². The van der Waals surface area contributed by atoms with Crippen molar-refractivity contribution in [3.63, 3.8) is 0 Å². The largest absolute Gasteiger partial charge is 0.396 e. The maximum Gasteiger partial charge on any atom is 0.144 e. The monoisotopic (exact) mass is 236 g/mol. The van der Waals surface area contributed by atoms with Crippen LogP contribution in [0.3, 0.4) is 0 Å². The van der Waals surface area contributed by atoms with E-state index in [0.717, 1.165) is 37.3 Å². The molecule has 1 heterocycles. The Morgan fingerprint density at radius 2 is 2.12 bits per heavy atom. The van der Waals surface area contributed by atoms with E-state index in [-0.39, 0.29) is 6.61 Å². The molecule has 94 valence electrons. The van der Waals surface area contributed by atoms with Gasteiger partial charge in [0.1, 0.15) is 17.5 Å². The van der Waals surface area contributed by atoms with Crippen molar-refractivity contribution >= 4 is 5.82 Å². The van der Waals surface area contributed by atoms with E-state index >= 15 is 0 Å². The SMILES string of the molecule is Cc1nn(C)c(N(C)CCCCCO)c1C#N. The van der Waals surface area contributed by atoms with Crippen molar-refractivity contribution in [2.24, 2.45) is 7.05 Å². The fourth-order valence-electron chi connectivity index (χ4n) is 1.96. The smallest absolute Gasteiger partial charge is 0.144 e. The lowest BCUT2D eigenvalue weighted by molar-refractivity contribution is 0.283. The molecule has 0 saturated heterocycles. The van der Waals surface area contributed by atoms with Gasteiger partial charge in [0.25, 0.3) is 0 Å². The summed E-state index contributed by atoms with van der Waals surface area (Å²) in [5.41, 5.74) is 1.42. The molecule has 0 aliphatic heterocycles. The van der Waals surface area contributed by atoms with Crippen LogP contribution in [0.15, 0.2) is 0 Å². The molecule has 1 rings (SSSR count). The fraction of sp³-hybridized carbons (Fsp3) is 0.667. The average Bonchev–Trinajstić information content (AvgIpc) is 2.58. The molecule has 0 unspecified atom stereocenters. The zero-order valence-electron chi connectivity index (χ0n) is 10.8. The highest BCUT2D eigenvalue weighted by atomic mass is 16.2. The van der Waals surface area contributed by atoms with E-state index in [9.17, 15) is 0 Å². The number of hydrogen-bond acceptors (Lipinski definition) is 4. The molecule has 0 amide bonds. The van der Waals surface area contributed by atoms with Crippen LogP contribution in [0.1, 0.15) is 30.5 Å². The predicted molar refractivity (Wildman–Crippen MR) is 66.9 cm³/mol. The highest BCUT2D eigenvalue weighted by molar-refractivity contribution is 5.56. The van der Waals surface area contributed by atoms with E-state index in [1.165, 1.54) is 0 Å². The Labute approximate surface area is 102 Å². The summed E-state index contributed by atoms with van der Waals surface area (Å²) in [7, 11) is 3.82. The molecule has 5 heteroatoms. The normalized spacial score (nSPS) is 10.3. The van der Waals surface area contributed by atoms with Gasteiger partial charge < -0.3 is 10.0 Å². The maximum atomic E-state index is 9.11. The first kappa shape index (κ1) is 13.5. The summed E-state index contributed by atoms with van der Waals surface area (Å²) in [6.45, 7) is 2.97. The van der Waals surface area contributed by atoms with Crippen LogP contribution in [0.2, 0.25) is 0 Å². The van der Waals surface area contributed by atoms with E-state index in [1.807, 2.05) is 21.0 Å². The summed E-state index contributed by atoms with van der Waals surface area (Å²) in [5.74, 6) is 0.869. The van der Waals surface area contributed by atoms with Crippen molar-refractivity contribution in [3.05, 3.63) is 11.3 Å². The molecule has 0 aromatic carbocycles. The number of nitrogens with zero attached hydrogens (tertiary/aromatic N) is 4. The molecule has 1 aromatic heterocycles. The maximum absolute atomic E-state index is 9.11. The van der Waals surface area contributed by atoms with Crippen molar-refractivity contribution < 1.29 is 5.11 Å². The second kappa shape index (κ2) is 6.26. The van der Waals surface area contributed by atoms with Gasteiger partial charge in [0.05, 0.1) is 5.69 Å². The van der Waals surface area contributed by atoms with E-state index in [1.54, 1.807) is 4.68 Å². The first-order valence-electron chi connectivity index (χ1n) is 5.87. The summed E-state index contributed by atoms with van der Waals surface area (Å²) in [6.07, 6.45) is 2.84. The van der Waals surface area contributed by atoms with Crippen molar-refractivity contribution in [2.75, 3.05) is 25.1 Å². The van der Waals surface area contributed by atoms with E-state index in [4.69, 9.17) is 10.4 Å². The van der Waals surface area contributed by atoms with Gasteiger partial charge in [-0.25, -0.2) is 0 Å². The average molecular weight is 236 g/mol. The third kappa shape index (κ3) is 3.21. The zero-order valence-corrected chi connectivity index (χ0v) is 10.8. The van der Waals surface area contributed by atoms with Crippen molar-refractivity contribution in [3.8, 4) is 6.07 Å². The van der Waals surface area contributed by atoms with E-state index < -0.39 is 0 Å². The van der Waals surface area contributed by atoms with Crippen LogP contribution in [0.4, 0.5) is 5.82 Å². The summed E-state index contributed by atoms with van der Waals surface area (Å²) in [4.78, 5) is 2.05. The van der Waals surface area contributed by atoms with Crippen molar-refractivity contribution in [1.29, 1.82) is 5.26 Å². The minimum Gasteiger partial charge on any atom is -0.396 e. The number of aryl methyl sites for hydroxylation is 2. The van der Waals surface area contributed by atoms with Crippen LogP contribution in [0, 0.1) is 18.3 Å². The number of aliphatic hydroxyl groups excluding tert-OH is 1. The minimum absolute atomic E-state index is 0.248. The molecule has 0 aliphatic rings. The Balaban J connectivity index is 2.69. The van der Waals surface area contributed by atoms with Crippen molar-refractivity contribution in [1.82, 2.24) is 9.78 Å². The van der Waals surface area contributed by atoms with Crippen LogP contribution in [-0.4, -0.2) is 35.1 Å². The third-order valence-corrected chi connectivity index (χ3v) is 2.82. The first-order chi connectivity index (χ1) is 8.11. The Morgan fingerprint density at radius 3 is 2.71 bits per heavy atom. The van der Waals surface area contributed by atoms with Gasteiger partial charge in [0.15, 0.2) is 0 Å². The van der Waals surface area contributed by atoms with Crippen LogP contribution < -0.4 is 4.90 Å². The molecule has 0 fully saturated rings. The Bertz CT molecular complexity index is 405. The lowest BCUT2D eigenvalue weighted by Gasteiger charge is -2.19. The minimum atomic E-state index is 0.248. The van der Waals surface area contributed by atoms with Gasteiger partial charge in [-0.3, -0.25) is 4.68 Å². The highest BCUT2D eigenvalue weighted by Crippen LogP contribution is 2.21. The molecule has 0 spiro atoms. The topological polar surface area (TPSA) is 65.1 Å². The number of nitriles is 1. The van der Waals surface area contributed by atoms with Crippen LogP contribution in [-0.2, 0) is 7.05 Å². The number of rotatable bonds is 6. The summed E-state index contributed by atoms with van der Waals surface area (Å²) in [5, 5.41) is 22.1. The number of aromatic nitrogens is 2. The number of anilines is 1. The molecule has 0 atom stereocenters. The highest BCUT2D eigenvalue weighted by Gasteiger charge is 2.16. The fourth-order valence-corrected chi connectivity index (χ4v) is 1.96. The molecular formula is C12H20N4O. The number of unbranched alkanes of at least 4 members (excludes halogenated alkanes) is 2. The van der Waals surface area contributed by atoms with Crippen LogP contribution >= 0.6 is 0 Å². The van der Waals surface area contributed by atoms with E-state index in [2.05, 4.69) is 16.1 Å². The van der Waals surface area contributed by atoms with Gasteiger partial charge in [-0.2, -0.15) is 10.4 Å². The summed E-state index contributed by atoms with van der Waals surface area (Å²) < 4.78 is 1.75. The zero-order chi connectivity index (χ0) is 12.8. The molecule has 0 radical (unpaired) electrons. The van der Waals surface area contributed by atoms with Gasteiger partial charge in [-0.15, -0.1) is 0 Å². The number of hydrogen-bond donors (Lipinski definition) is 1. The van der Waals surface area contributed by atoms with Gasteiger partial charge in [0.2, 0.25) is 0 Å². The van der Waals surface area contributed by atoms with Crippen molar-refractivity contribution in [2.45, 2.75) is 26.2 Å². The summed E-state index contributed by atoms with van der Waals surface area (Å²) in [6, 6.07) is 2.20. The third-order valence-electron chi connectivity index (χ3n) is 2.82. The van der Waals surface area contributed by atoms with Gasteiger partial charge in [-0.05, 0) is 26.2 Å². The molecule has 1 N–H and O–H groups in total. The predicted octanol–water partition coefficient (Wildman–Crippen LogP) is 1.20. The molecule has 0 saturated carbocycles. The Morgan fingerprint density at radius 1 is 1.41 bits per heavy atom. The first-order valence-corrected chi connectivity index (χ1v) is 5.87. The van der Waals surface area contributed by atoms with Gasteiger partial charge in [0, 0.05) is 27.2 Å². The quantitative estimate of drug-likeness (QED) is 0.754. The lowest BCUT2D eigenvalue weighted by atomic mass is 10.2. The standard InChI is InChI=1S/C12H20N4O/c1-10-11(9-13)12(16(3)14-10)15(2)7-5-4-6-8-17/h17H,4-8H2,1-3H3. The molecule has 1 aromatic rings. The second-order valence-corrected chi connectivity index (χ2v) is 4.23. The number of aliphatic hydroxyl groups is 1. The van der Waals surface area contributed by atoms with Crippen LogP contribution in [0.5, 0.6) is 0 Å². The molecular weight excluding hydrogens is 216 g/mol. The van der Waals surface area contributed by atoms with Gasteiger partial charge >= 0.3 is 0 Å². The molecule has 0 bridgehead atoms. The Hall–Kier alpha value is -1.54.